The van der Waals surface area contributed by atoms with Crippen molar-refractivity contribution in [3.05, 3.63) is 83.4 Å². The largest absolute Gasteiger partial charge is 0.494 e. The highest BCUT2D eigenvalue weighted by Crippen LogP contribution is 2.30. The van der Waals surface area contributed by atoms with Gasteiger partial charge in [-0.2, -0.15) is 0 Å². The molecular formula is C23H19F2NO4. The first-order valence-corrected chi connectivity index (χ1v) is 9.26. The van der Waals surface area contributed by atoms with Gasteiger partial charge in [0, 0.05) is 0 Å². The number of anilines is 1. The molecule has 0 atom stereocenters. The fourth-order valence-corrected chi connectivity index (χ4v) is 2.89. The molecule has 0 unspecified atom stereocenters. The van der Waals surface area contributed by atoms with Gasteiger partial charge in [-0.05, 0) is 53.9 Å². The van der Waals surface area contributed by atoms with Crippen LogP contribution in [-0.4, -0.2) is 23.6 Å². The van der Waals surface area contributed by atoms with Crippen LogP contribution in [0, 0.1) is 11.6 Å². The van der Waals surface area contributed by atoms with Crippen LogP contribution in [0.4, 0.5) is 14.5 Å². The van der Waals surface area contributed by atoms with Gasteiger partial charge in [-0.15, -0.1) is 0 Å². The Balaban J connectivity index is 1.89. The minimum absolute atomic E-state index is 0.200. The van der Waals surface area contributed by atoms with E-state index in [1.807, 2.05) is 6.92 Å². The molecule has 3 rings (SSSR count). The Bertz CT molecular complexity index is 1080. The van der Waals surface area contributed by atoms with Crippen molar-refractivity contribution < 1.29 is 28.2 Å². The van der Waals surface area contributed by atoms with Gasteiger partial charge in [0.2, 0.25) is 0 Å². The quantitative estimate of drug-likeness (QED) is 0.548. The van der Waals surface area contributed by atoms with Crippen molar-refractivity contribution in [2.24, 2.45) is 0 Å². The van der Waals surface area contributed by atoms with Crippen LogP contribution < -0.4 is 10.1 Å². The fourth-order valence-electron chi connectivity index (χ4n) is 2.89. The number of rotatable bonds is 7. The Kier molecular flexibility index (Phi) is 6.41. The van der Waals surface area contributed by atoms with E-state index < -0.39 is 29.2 Å². The molecule has 1 amide bonds. The number of carbonyl (C=O) groups is 2. The molecule has 0 bridgehead atoms. The lowest BCUT2D eigenvalue weighted by Gasteiger charge is -2.12. The third-order valence-electron chi connectivity index (χ3n) is 4.32. The molecule has 0 aliphatic heterocycles. The molecule has 7 heteroatoms. The predicted molar refractivity (Wildman–Crippen MR) is 109 cm³/mol. The average Bonchev–Trinajstić information content (AvgIpc) is 2.74. The van der Waals surface area contributed by atoms with Crippen LogP contribution in [0.3, 0.4) is 0 Å². The van der Waals surface area contributed by atoms with Crippen molar-refractivity contribution in [2.75, 3.05) is 11.9 Å². The molecule has 0 aromatic heterocycles. The minimum Gasteiger partial charge on any atom is -0.494 e. The summed E-state index contributed by atoms with van der Waals surface area (Å²) >= 11 is 0. The van der Waals surface area contributed by atoms with Crippen molar-refractivity contribution in [1.82, 2.24) is 0 Å². The standard InChI is InChI=1S/C23H19F2NO4/c1-2-10-30-16-7-5-6-14(11-16)15-12-19(24)21(20(25)13-15)26-22(27)17-8-3-4-9-18(17)23(28)29/h3-9,11-13H,2,10H2,1H3,(H,26,27)(H,28,29). The van der Waals surface area contributed by atoms with Crippen LogP contribution in [-0.2, 0) is 0 Å². The maximum absolute atomic E-state index is 14.6. The van der Waals surface area contributed by atoms with Gasteiger partial charge >= 0.3 is 5.97 Å². The third kappa shape index (κ3) is 4.63. The zero-order chi connectivity index (χ0) is 21.7. The van der Waals surface area contributed by atoms with Gasteiger partial charge in [0.15, 0.2) is 0 Å². The number of benzene rings is 3. The maximum atomic E-state index is 14.6. The number of ether oxygens (including phenoxy) is 1. The third-order valence-corrected chi connectivity index (χ3v) is 4.32. The van der Waals surface area contributed by atoms with Crippen LogP contribution in [0.2, 0.25) is 0 Å². The number of amides is 1. The van der Waals surface area contributed by atoms with E-state index in [0.29, 0.717) is 17.9 Å². The maximum Gasteiger partial charge on any atom is 0.336 e. The first-order chi connectivity index (χ1) is 14.4. The molecule has 0 heterocycles. The summed E-state index contributed by atoms with van der Waals surface area (Å²) < 4.78 is 34.8. The molecule has 5 nitrogen and oxygen atoms in total. The molecule has 3 aromatic carbocycles. The highest BCUT2D eigenvalue weighted by molar-refractivity contribution is 6.10. The number of aromatic carboxylic acids is 1. The summed E-state index contributed by atoms with van der Waals surface area (Å²) in [4.78, 5) is 23.7. The Morgan fingerprint density at radius 2 is 1.60 bits per heavy atom. The Morgan fingerprint density at radius 1 is 0.933 bits per heavy atom. The smallest absolute Gasteiger partial charge is 0.336 e. The number of halogens is 2. The van der Waals surface area contributed by atoms with Crippen LogP contribution >= 0.6 is 0 Å². The Hall–Kier alpha value is -3.74. The molecule has 0 aliphatic rings. The highest BCUT2D eigenvalue weighted by atomic mass is 19.1. The van der Waals surface area contributed by atoms with E-state index >= 15 is 0 Å². The van der Waals surface area contributed by atoms with E-state index in [-0.39, 0.29) is 16.7 Å². The van der Waals surface area contributed by atoms with E-state index in [1.54, 1.807) is 24.3 Å². The fraction of sp³-hybridized carbons (Fsp3) is 0.130. The van der Waals surface area contributed by atoms with Crippen molar-refractivity contribution in [2.45, 2.75) is 13.3 Å². The normalized spacial score (nSPS) is 10.5. The van der Waals surface area contributed by atoms with Crippen molar-refractivity contribution >= 4 is 17.6 Å². The van der Waals surface area contributed by atoms with E-state index in [2.05, 4.69) is 5.32 Å². The van der Waals surface area contributed by atoms with Gasteiger partial charge in [-0.3, -0.25) is 4.79 Å². The lowest BCUT2D eigenvalue weighted by atomic mass is 10.0. The molecule has 0 fully saturated rings. The molecule has 154 valence electrons. The SMILES string of the molecule is CCCOc1cccc(-c2cc(F)c(NC(=O)c3ccccc3C(=O)O)c(F)c2)c1. The first-order valence-electron chi connectivity index (χ1n) is 9.26. The number of nitrogens with one attached hydrogen (secondary N) is 1. The number of carbonyl (C=O) groups excluding carboxylic acids is 1. The van der Waals surface area contributed by atoms with Gasteiger partial charge in [0.1, 0.15) is 23.1 Å². The molecule has 2 N–H and O–H groups in total. The van der Waals surface area contributed by atoms with E-state index in [4.69, 9.17) is 4.74 Å². The zero-order valence-electron chi connectivity index (χ0n) is 16.1. The highest BCUT2D eigenvalue weighted by Gasteiger charge is 2.20. The molecule has 30 heavy (non-hydrogen) atoms. The second-order valence-electron chi connectivity index (χ2n) is 6.50. The molecule has 0 spiro atoms. The number of hydrogen-bond acceptors (Lipinski definition) is 3. The van der Waals surface area contributed by atoms with Crippen LogP contribution in [0.1, 0.15) is 34.1 Å². The zero-order valence-corrected chi connectivity index (χ0v) is 16.1. The summed E-state index contributed by atoms with van der Waals surface area (Å²) in [5.41, 5.74) is -0.293. The Labute approximate surface area is 171 Å². The molecule has 3 aromatic rings. The Morgan fingerprint density at radius 3 is 2.23 bits per heavy atom. The van der Waals surface area contributed by atoms with Crippen LogP contribution in [0.5, 0.6) is 5.75 Å². The summed E-state index contributed by atoms with van der Waals surface area (Å²) in [6, 6.07) is 14.4. The first kappa shape index (κ1) is 21.0. The molecule has 0 radical (unpaired) electrons. The number of hydrogen-bond donors (Lipinski definition) is 2. The van der Waals surface area contributed by atoms with Gasteiger partial charge in [-0.1, -0.05) is 31.2 Å². The van der Waals surface area contributed by atoms with Gasteiger partial charge in [0.05, 0.1) is 17.7 Å². The van der Waals surface area contributed by atoms with Gasteiger partial charge in [0.25, 0.3) is 5.91 Å². The summed E-state index contributed by atoms with van der Waals surface area (Å²) in [5.74, 6) is -3.62. The number of carboxylic acids is 1. The van der Waals surface area contributed by atoms with E-state index in [1.165, 1.54) is 24.3 Å². The number of carboxylic acid groups (broad SMARTS) is 1. The van der Waals surface area contributed by atoms with Gasteiger partial charge < -0.3 is 15.2 Å². The second-order valence-corrected chi connectivity index (χ2v) is 6.50. The summed E-state index contributed by atoms with van der Waals surface area (Å²) in [7, 11) is 0. The van der Waals surface area contributed by atoms with Crippen molar-refractivity contribution in [3.63, 3.8) is 0 Å². The van der Waals surface area contributed by atoms with E-state index in [9.17, 15) is 23.5 Å². The summed E-state index contributed by atoms with van der Waals surface area (Å²) in [6.45, 7) is 2.49. The lowest BCUT2D eigenvalue weighted by molar-refractivity contribution is 0.0692. The summed E-state index contributed by atoms with van der Waals surface area (Å²) in [6.07, 6.45) is 0.826. The van der Waals surface area contributed by atoms with Crippen molar-refractivity contribution in [3.8, 4) is 16.9 Å². The monoisotopic (exact) mass is 411 g/mol. The predicted octanol–water partition coefficient (Wildman–Crippen LogP) is 5.37. The average molecular weight is 411 g/mol. The molecule has 0 aliphatic carbocycles. The molecule has 0 saturated carbocycles. The minimum atomic E-state index is -1.32. The molecule has 0 saturated heterocycles. The molecular weight excluding hydrogens is 392 g/mol. The topological polar surface area (TPSA) is 75.6 Å². The second kappa shape index (κ2) is 9.17. The lowest BCUT2D eigenvalue weighted by Crippen LogP contribution is -2.18. The van der Waals surface area contributed by atoms with Gasteiger partial charge in [-0.25, -0.2) is 13.6 Å². The summed E-state index contributed by atoms with van der Waals surface area (Å²) in [5, 5.41) is 11.3. The van der Waals surface area contributed by atoms with Crippen molar-refractivity contribution in [1.29, 1.82) is 0 Å². The van der Waals surface area contributed by atoms with Crippen LogP contribution in [0.25, 0.3) is 11.1 Å². The van der Waals surface area contributed by atoms with E-state index in [0.717, 1.165) is 18.6 Å². The van der Waals surface area contributed by atoms with Crippen LogP contribution in [0.15, 0.2) is 60.7 Å².